The smallest absolute Gasteiger partial charge is 0.0953 e. The molecule has 2 rings (SSSR count). The maximum absolute atomic E-state index is 9.73. The number of hydrogen-bond acceptors (Lipinski definition) is 1. The Hall–Kier alpha value is -0.460. The van der Waals surface area contributed by atoms with Gasteiger partial charge in [-0.3, -0.25) is 0 Å². The van der Waals surface area contributed by atoms with E-state index >= 15 is 0 Å². The van der Waals surface area contributed by atoms with Gasteiger partial charge in [0.25, 0.3) is 0 Å². The summed E-state index contributed by atoms with van der Waals surface area (Å²) < 4.78 is 0. The molecule has 0 saturated heterocycles. The maximum Gasteiger partial charge on any atom is 0.0953 e. The first-order chi connectivity index (χ1) is 5.68. The molecule has 0 amide bonds. The molecular weight excluding hydrogens is 148 g/mol. The van der Waals surface area contributed by atoms with E-state index in [9.17, 15) is 5.11 Å². The lowest BCUT2D eigenvalue weighted by Crippen LogP contribution is -2.44. The Kier molecular flexibility index (Phi) is 1.71. The molecule has 0 bridgehead atoms. The minimum Gasteiger partial charge on any atom is -0.512 e. The van der Waals surface area contributed by atoms with Gasteiger partial charge in [-0.2, -0.15) is 0 Å². The van der Waals surface area contributed by atoms with Crippen molar-refractivity contribution in [3.8, 4) is 0 Å². The van der Waals surface area contributed by atoms with Crippen molar-refractivity contribution in [2.24, 2.45) is 17.3 Å². The monoisotopic (exact) mass is 166 g/mol. The molecular formula is C11H18O. The molecule has 1 heteroatoms. The van der Waals surface area contributed by atoms with Crippen molar-refractivity contribution >= 4 is 0 Å². The fourth-order valence-electron chi connectivity index (χ4n) is 3.07. The highest BCUT2D eigenvalue weighted by molar-refractivity contribution is 5.23. The van der Waals surface area contributed by atoms with Crippen LogP contribution in [-0.4, -0.2) is 5.11 Å². The summed E-state index contributed by atoms with van der Waals surface area (Å²) in [7, 11) is 0. The van der Waals surface area contributed by atoms with E-state index < -0.39 is 0 Å². The van der Waals surface area contributed by atoms with Gasteiger partial charge >= 0.3 is 0 Å². The predicted molar refractivity (Wildman–Crippen MR) is 49.9 cm³/mol. The van der Waals surface area contributed by atoms with Crippen molar-refractivity contribution in [3.05, 3.63) is 11.8 Å². The zero-order valence-electron chi connectivity index (χ0n) is 8.01. The van der Waals surface area contributed by atoms with E-state index in [1.54, 1.807) is 0 Å². The summed E-state index contributed by atoms with van der Waals surface area (Å²) in [6.45, 7) is 4.58. The second kappa shape index (κ2) is 2.51. The van der Waals surface area contributed by atoms with Crippen LogP contribution in [-0.2, 0) is 0 Å². The van der Waals surface area contributed by atoms with E-state index in [2.05, 4.69) is 13.8 Å². The molecule has 12 heavy (non-hydrogen) atoms. The first-order valence-corrected chi connectivity index (χ1v) is 5.07. The van der Waals surface area contributed by atoms with Crippen LogP contribution in [0.5, 0.6) is 0 Å². The number of aliphatic hydroxyl groups excluding tert-OH is 1. The second-order valence-electron chi connectivity index (χ2n) is 4.57. The normalized spacial score (nSPS) is 47.0. The molecule has 1 nitrogen and oxygen atoms in total. The molecule has 1 N–H and O–H groups in total. The lowest BCUT2D eigenvalue weighted by molar-refractivity contribution is 0.0137. The van der Waals surface area contributed by atoms with Gasteiger partial charge in [-0.05, 0) is 37.2 Å². The van der Waals surface area contributed by atoms with Crippen LogP contribution in [0.4, 0.5) is 0 Å². The van der Waals surface area contributed by atoms with Crippen LogP contribution in [0, 0.1) is 17.3 Å². The molecule has 0 aliphatic heterocycles. The third-order valence-electron chi connectivity index (χ3n) is 4.14. The minimum absolute atomic E-state index is 0.193. The molecule has 1 fully saturated rings. The highest BCUT2D eigenvalue weighted by Gasteiger charge is 2.50. The zero-order chi connectivity index (χ0) is 8.77. The van der Waals surface area contributed by atoms with E-state index in [1.165, 1.54) is 19.3 Å². The third kappa shape index (κ3) is 0.797. The predicted octanol–water partition coefficient (Wildman–Crippen LogP) is 3.27. The number of rotatable bonds is 0. The van der Waals surface area contributed by atoms with Crippen LogP contribution in [0.3, 0.4) is 0 Å². The molecule has 0 heterocycles. The molecule has 0 aromatic carbocycles. The van der Waals surface area contributed by atoms with Crippen molar-refractivity contribution in [1.82, 2.24) is 0 Å². The Morgan fingerprint density at radius 1 is 1.33 bits per heavy atom. The summed E-state index contributed by atoms with van der Waals surface area (Å²) in [5.74, 6) is 2.06. The zero-order valence-corrected chi connectivity index (χ0v) is 8.01. The highest BCUT2D eigenvalue weighted by Crippen LogP contribution is 2.56. The van der Waals surface area contributed by atoms with Crippen molar-refractivity contribution < 1.29 is 5.11 Å². The van der Waals surface area contributed by atoms with Gasteiger partial charge in [0.2, 0.25) is 0 Å². The molecule has 0 radical (unpaired) electrons. The Bertz CT molecular complexity index is 207. The maximum atomic E-state index is 9.73. The van der Waals surface area contributed by atoms with Gasteiger partial charge in [-0.15, -0.1) is 0 Å². The van der Waals surface area contributed by atoms with E-state index in [1.807, 2.05) is 6.08 Å². The molecule has 0 aromatic rings. The topological polar surface area (TPSA) is 20.2 Å². The van der Waals surface area contributed by atoms with Gasteiger partial charge in [-0.25, -0.2) is 0 Å². The van der Waals surface area contributed by atoms with Gasteiger partial charge in [0.05, 0.1) is 5.76 Å². The summed E-state index contributed by atoms with van der Waals surface area (Å²) in [6, 6.07) is 0. The van der Waals surface area contributed by atoms with Crippen LogP contribution >= 0.6 is 0 Å². The van der Waals surface area contributed by atoms with Crippen molar-refractivity contribution in [2.75, 3.05) is 0 Å². The average Bonchev–Trinajstić information content (AvgIpc) is 2.02. The van der Waals surface area contributed by atoms with Gasteiger partial charge < -0.3 is 5.11 Å². The van der Waals surface area contributed by atoms with Crippen molar-refractivity contribution in [2.45, 2.75) is 39.5 Å². The van der Waals surface area contributed by atoms with Crippen molar-refractivity contribution in [3.63, 3.8) is 0 Å². The Labute approximate surface area is 74.5 Å². The van der Waals surface area contributed by atoms with E-state index in [0.29, 0.717) is 17.6 Å². The van der Waals surface area contributed by atoms with Crippen LogP contribution < -0.4 is 0 Å². The van der Waals surface area contributed by atoms with Gasteiger partial charge in [0.15, 0.2) is 0 Å². The molecule has 2 aliphatic rings. The number of aliphatic hydroxyl groups is 1. The molecule has 1 spiro atoms. The van der Waals surface area contributed by atoms with Gasteiger partial charge in [0, 0.05) is 5.41 Å². The first kappa shape index (κ1) is 8.15. The van der Waals surface area contributed by atoms with E-state index in [4.69, 9.17) is 0 Å². The standard InChI is InChI=1S/C11H18O/c1-8-4-3-5-9(2)11(8)7-6-10(11)12/h6,8-9,12H,3-5,7H2,1-2H3. The quantitative estimate of drug-likeness (QED) is 0.585. The van der Waals surface area contributed by atoms with E-state index in [-0.39, 0.29) is 5.41 Å². The van der Waals surface area contributed by atoms with Crippen LogP contribution in [0.1, 0.15) is 39.5 Å². The average molecular weight is 166 g/mol. The Balaban J connectivity index is 2.25. The molecule has 0 aromatic heterocycles. The summed E-state index contributed by atoms with van der Waals surface area (Å²) in [4.78, 5) is 0. The largest absolute Gasteiger partial charge is 0.512 e. The molecule has 2 aliphatic carbocycles. The summed E-state index contributed by atoms with van der Waals surface area (Å²) >= 11 is 0. The summed E-state index contributed by atoms with van der Waals surface area (Å²) in [5, 5.41) is 9.73. The summed E-state index contributed by atoms with van der Waals surface area (Å²) in [5.41, 5.74) is 0.193. The van der Waals surface area contributed by atoms with Gasteiger partial charge in [-0.1, -0.05) is 20.3 Å². The van der Waals surface area contributed by atoms with Gasteiger partial charge in [0.1, 0.15) is 0 Å². The molecule has 68 valence electrons. The van der Waals surface area contributed by atoms with E-state index in [0.717, 1.165) is 6.42 Å². The lowest BCUT2D eigenvalue weighted by atomic mass is 9.54. The second-order valence-corrected chi connectivity index (χ2v) is 4.57. The lowest BCUT2D eigenvalue weighted by Gasteiger charge is -2.51. The van der Waals surface area contributed by atoms with Crippen LogP contribution in [0.2, 0.25) is 0 Å². The number of allylic oxidation sites excluding steroid dienone is 2. The highest BCUT2D eigenvalue weighted by atomic mass is 16.3. The Morgan fingerprint density at radius 3 is 2.17 bits per heavy atom. The molecule has 2 atom stereocenters. The summed E-state index contributed by atoms with van der Waals surface area (Å²) in [6.07, 6.45) is 7.03. The molecule has 1 saturated carbocycles. The van der Waals surface area contributed by atoms with Crippen LogP contribution in [0.15, 0.2) is 11.8 Å². The number of hydrogen-bond donors (Lipinski definition) is 1. The SMILES string of the molecule is CC1CCCC(C)C12CC=C2O. The fraction of sp³-hybridized carbons (Fsp3) is 0.818. The molecule has 2 unspecified atom stereocenters. The van der Waals surface area contributed by atoms with Crippen molar-refractivity contribution in [1.29, 1.82) is 0 Å². The minimum atomic E-state index is 0.193. The first-order valence-electron chi connectivity index (χ1n) is 5.07. The fourth-order valence-corrected chi connectivity index (χ4v) is 3.07. The third-order valence-corrected chi connectivity index (χ3v) is 4.14. The Morgan fingerprint density at radius 2 is 1.92 bits per heavy atom. The van der Waals surface area contributed by atoms with Crippen LogP contribution in [0.25, 0.3) is 0 Å².